The molecule has 0 saturated heterocycles. The van der Waals surface area contributed by atoms with Crippen molar-refractivity contribution in [2.45, 2.75) is 45.2 Å². The lowest BCUT2D eigenvalue weighted by atomic mass is 9.87. The van der Waals surface area contributed by atoms with Crippen LogP contribution in [0, 0.1) is 0 Å². The predicted octanol–water partition coefficient (Wildman–Crippen LogP) is 3.72. The molecule has 0 radical (unpaired) electrons. The molecule has 1 nitrogen and oxygen atoms in total. The minimum Gasteiger partial charge on any atom is -0.308 e. The Hall–Kier alpha value is -0.530. The van der Waals surface area contributed by atoms with E-state index in [0.29, 0.717) is 12.1 Å². The lowest BCUT2D eigenvalue weighted by Gasteiger charge is -2.28. The van der Waals surface area contributed by atoms with Crippen LogP contribution in [0.3, 0.4) is 0 Å². The first-order valence-corrected chi connectivity index (χ1v) is 6.09. The van der Waals surface area contributed by atoms with Gasteiger partial charge in [0.2, 0.25) is 0 Å². The molecule has 1 N–H and O–H groups in total. The summed E-state index contributed by atoms with van der Waals surface area (Å²) < 4.78 is 0. The van der Waals surface area contributed by atoms with E-state index in [-0.39, 0.29) is 0 Å². The van der Waals surface area contributed by atoms with Gasteiger partial charge >= 0.3 is 0 Å². The molecule has 0 fully saturated rings. The highest BCUT2D eigenvalue weighted by Gasteiger charge is 2.21. The van der Waals surface area contributed by atoms with E-state index in [9.17, 15) is 0 Å². The van der Waals surface area contributed by atoms with Gasteiger partial charge in [0, 0.05) is 17.1 Å². The average molecular weight is 224 g/mol. The molecule has 1 aliphatic carbocycles. The molecule has 1 aliphatic rings. The van der Waals surface area contributed by atoms with Crippen LogP contribution in [-0.2, 0) is 6.42 Å². The van der Waals surface area contributed by atoms with Gasteiger partial charge in [-0.3, -0.25) is 0 Å². The number of hydrogen-bond acceptors (Lipinski definition) is 1. The van der Waals surface area contributed by atoms with Crippen LogP contribution in [0.25, 0.3) is 0 Å². The number of nitrogens with one attached hydrogen (secondary N) is 1. The fourth-order valence-electron chi connectivity index (χ4n) is 2.38. The number of fused-ring (bicyclic) bond motifs is 1. The number of hydrogen-bond donors (Lipinski definition) is 1. The van der Waals surface area contributed by atoms with Gasteiger partial charge in [-0.25, -0.2) is 0 Å². The summed E-state index contributed by atoms with van der Waals surface area (Å²) in [4.78, 5) is 0. The van der Waals surface area contributed by atoms with Crippen LogP contribution >= 0.6 is 11.6 Å². The van der Waals surface area contributed by atoms with Crippen LogP contribution in [0.15, 0.2) is 18.2 Å². The third-order valence-corrected chi connectivity index (χ3v) is 3.34. The van der Waals surface area contributed by atoms with E-state index in [1.165, 1.54) is 24.0 Å². The van der Waals surface area contributed by atoms with Crippen molar-refractivity contribution >= 4 is 11.6 Å². The van der Waals surface area contributed by atoms with E-state index in [1.807, 2.05) is 6.07 Å². The molecule has 2 heteroatoms. The first-order valence-electron chi connectivity index (χ1n) is 5.72. The summed E-state index contributed by atoms with van der Waals surface area (Å²) in [6.07, 6.45) is 3.60. The van der Waals surface area contributed by atoms with Crippen LogP contribution in [0.4, 0.5) is 0 Å². The molecule has 0 aromatic heterocycles. The van der Waals surface area contributed by atoms with Crippen LogP contribution < -0.4 is 5.32 Å². The number of benzene rings is 1. The second-order valence-corrected chi connectivity index (χ2v) is 4.98. The molecule has 1 atom stereocenters. The topological polar surface area (TPSA) is 12.0 Å². The van der Waals surface area contributed by atoms with Gasteiger partial charge in [-0.1, -0.05) is 37.6 Å². The van der Waals surface area contributed by atoms with Gasteiger partial charge in [-0.15, -0.1) is 0 Å². The van der Waals surface area contributed by atoms with Crippen molar-refractivity contribution in [3.8, 4) is 0 Å². The molecule has 0 saturated carbocycles. The van der Waals surface area contributed by atoms with Crippen molar-refractivity contribution in [3.63, 3.8) is 0 Å². The Morgan fingerprint density at radius 2 is 2.20 bits per heavy atom. The van der Waals surface area contributed by atoms with Gasteiger partial charge in [0.25, 0.3) is 0 Å². The Bertz CT molecular complexity index is 346. The van der Waals surface area contributed by atoms with Crippen molar-refractivity contribution in [2.24, 2.45) is 0 Å². The first kappa shape index (κ1) is 11.0. The third-order valence-electron chi connectivity index (χ3n) is 2.98. The zero-order chi connectivity index (χ0) is 10.8. The fourth-order valence-corrected chi connectivity index (χ4v) is 2.66. The van der Waals surface area contributed by atoms with Gasteiger partial charge in [0.1, 0.15) is 0 Å². The highest BCUT2D eigenvalue weighted by molar-refractivity contribution is 6.31. The number of rotatable bonds is 2. The lowest BCUT2D eigenvalue weighted by Crippen LogP contribution is -2.30. The summed E-state index contributed by atoms with van der Waals surface area (Å²) in [6, 6.07) is 7.28. The maximum atomic E-state index is 6.22. The zero-order valence-electron chi connectivity index (χ0n) is 9.39. The Labute approximate surface area is 96.8 Å². The van der Waals surface area contributed by atoms with Crippen molar-refractivity contribution < 1.29 is 0 Å². The van der Waals surface area contributed by atoms with Crippen LogP contribution in [0.2, 0.25) is 5.02 Å². The molecule has 82 valence electrons. The van der Waals surface area contributed by atoms with Crippen molar-refractivity contribution in [3.05, 3.63) is 34.3 Å². The molecule has 0 aliphatic heterocycles. The van der Waals surface area contributed by atoms with Crippen molar-refractivity contribution in [1.29, 1.82) is 0 Å². The normalized spacial score (nSPS) is 20.4. The Morgan fingerprint density at radius 3 is 2.93 bits per heavy atom. The van der Waals surface area contributed by atoms with Gasteiger partial charge < -0.3 is 5.32 Å². The molecule has 1 unspecified atom stereocenters. The summed E-state index contributed by atoms with van der Waals surface area (Å²) in [5, 5.41) is 4.54. The quantitative estimate of drug-likeness (QED) is 0.806. The molecule has 0 heterocycles. The van der Waals surface area contributed by atoms with E-state index < -0.39 is 0 Å². The predicted molar refractivity (Wildman–Crippen MR) is 65.4 cm³/mol. The van der Waals surface area contributed by atoms with Crippen molar-refractivity contribution in [2.75, 3.05) is 0 Å². The first-order chi connectivity index (χ1) is 7.18. The highest BCUT2D eigenvalue weighted by Crippen LogP contribution is 2.33. The number of halogens is 1. The molecule has 0 amide bonds. The monoisotopic (exact) mass is 223 g/mol. The zero-order valence-corrected chi connectivity index (χ0v) is 10.1. The molecule has 2 rings (SSSR count). The Balaban J connectivity index is 2.30. The maximum Gasteiger partial charge on any atom is 0.0441 e. The fraction of sp³-hybridized carbons (Fsp3) is 0.538. The largest absolute Gasteiger partial charge is 0.308 e. The van der Waals surface area contributed by atoms with Gasteiger partial charge in [0.05, 0.1) is 0 Å². The van der Waals surface area contributed by atoms with Gasteiger partial charge in [-0.05, 0) is 36.5 Å². The van der Waals surface area contributed by atoms with E-state index in [1.54, 1.807) is 0 Å². The summed E-state index contributed by atoms with van der Waals surface area (Å²) in [7, 11) is 0. The second-order valence-electron chi connectivity index (χ2n) is 4.57. The standard InChI is InChI=1S/C13H18ClN/c1-9(2)15-13-8-4-5-10-11(13)6-3-7-12(10)14/h3,6-7,9,13,15H,4-5,8H2,1-2H3. The average Bonchev–Trinajstić information content (AvgIpc) is 2.19. The van der Waals surface area contributed by atoms with Crippen LogP contribution in [-0.4, -0.2) is 6.04 Å². The van der Waals surface area contributed by atoms with Crippen LogP contribution in [0.5, 0.6) is 0 Å². The van der Waals surface area contributed by atoms with E-state index in [0.717, 1.165) is 11.4 Å². The summed E-state index contributed by atoms with van der Waals surface area (Å²) >= 11 is 6.22. The van der Waals surface area contributed by atoms with E-state index >= 15 is 0 Å². The van der Waals surface area contributed by atoms with Gasteiger partial charge in [0.15, 0.2) is 0 Å². The summed E-state index contributed by atoms with van der Waals surface area (Å²) in [5.41, 5.74) is 2.76. The Morgan fingerprint density at radius 1 is 1.40 bits per heavy atom. The van der Waals surface area contributed by atoms with Crippen LogP contribution in [0.1, 0.15) is 43.9 Å². The molecular formula is C13H18ClN. The maximum absolute atomic E-state index is 6.22. The van der Waals surface area contributed by atoms with Crippen molar-refractivity contribution in [1.82, 2.24) is 5.32 Å². The summed E-state index contributed by atoms with van der Waals surface area (Å²) in [5.74, 6) is 0. The second kappa shape index (κ2) is 4.54. The SMILES string of the molecule is CC(C)NC1CCCc2c(Cl)cccc21. The molecule has 0 spiro atoms. The minimum atomic E-state index is 0.493. The molecule has 1 aromatic carbocycles. The molecular weight excluding hydrogens is 206 g/mol. The Kier molecular flexibility index (Phi) is 3.32. The van der Waals surface area contributed by atoms with Gasteiger partial charge in [-0.2, -0.15) is 0 Å². The highest BCUT2D eigenvalue weighted by atomic mass is 35.5. The molecule has 1 aromatic rings. The summed E-state index contributed by atoms with van der Waals surface area (Å²) in [6.45, 7) is 4.39. The van der Waals surface area contributed by atoms with E-state index in [2.05, 4.69) is 31.3 Å². The molecule has 0 bridgehead atoms. The van der Waals surface area contributed by atoms with E-state index in [4.69, 9.17) is 11.6 Å². The third kappa shape index (κ3) is 2.35. The minimum absolute atomic E-state index is 0.493. The molecule has 15 heavy (non-hydrogen) atoms. The smallest absolute Gasteiger partial charge is 0.0441 e. The lowest BCUT2D eigenvalue weighted by molar-refractivity contribution is 0.423.